The first-order valence-corrected chi connectivity index (χ1v) is 12.7. The minimum Gasteiger partial charge on any atom is -0.658 e. The number of hydrogen-bond acceptors (Lipinski definition) is 5. The first-order chi connectivity index (χ1) is 17.8. The molecule has 10 heteroatoms. The van der Waals surface area contributed by atoms with Gasteiger partial charge >= 0.3 is 20.1 Å². The zero-order valence-corrected chi connectivity index (χ0v) is 24.6. The topological polar surface area (TPSA) is 70.1 Å². The molecule has 0 N–H and O–H groups in total. The molecule has 1 aromatic carbocycles. The zero-order valence-electron chi connectivity index (χ0n) is 21.3. The second-order valence-corrected chi connectivity index (χ2v) is 9.80. The molecule has 198 valence electrons. The van der Waals surface area contributed by atoms with Crippen LogP contribution in [0.5, 0.6) is 0 Å². The normalized spacial score (nSPS) is 12.0. The number of hydrogen-bond donors (Lipinski definition) is 0. The summed E-state index contributed by atoms with van der Waals surface area (Å²) in [5, 5.41) is 9.72. The van der Waals surface area contributed by atoms with E-state index < -0.39 is 11.9 Å². The van der Waals surface area contributed by atoms with Crippen LogP contribution in [-0.2, 0) is 20.1 Å². The van der Waals surface area contributed by atoms with Crippen molar-refractivity contribution in [1.29, 1.82) is 0 Å². The van der Waals surface area contributed by atoms with Gasteiger partial charge in [-0.05, 0) is 30.0 Å². The summed E-state index contributed by atoms with van der Waals surface area (Å²) in [6.45, 7) is 8.38. The number of rotatable bonds is 6. The Balaban J connectivity index is 0.000000229. The Labute approximate surface area is 240 Å². The Bertz CT molecular complexity index is 1270. The Morgan fingerprint density at radius 1 is 0.868 bits per heavy atom. The molecule has 0 aliphatic carbocycles. The Morgan fingerprint density at radius 2 is 1.55 bits per heavy atom. The summed E-state index contributed by atoms with van der Waals surface area (Å²) >= 11 is 1.78. The van der Waals surface area contributed by atoms with Crippen LogP contribution in [0, 0.1) is 18.0 Å². The van der Waals surface area contributed by atoms with Crippen molar-refractivity contribution in [2.24, 2.45) is 0 Å². The van der Waals surface area contributed by atoms with Crippen molar-refractivity contribution < 1.29 is 28.9 Å². The predicted octanol–water partition coefficient (Wildman–Crippen LogP) is 7.75. The van der Waals surface area contributed by atoms with Crippen molar-refractivity contribution in [2.45, 2.75) is 55.9 Å². The number of anilines is 2. The molecule has 0 saturated carbocycles. The van der Waals surface area contributed by atoms with Crippen LogP contribution in [0.4, 0.5) is 20.2 Å². The maximum absolute atomic E-state index is 13.1. The summed E-state index contributed by atoms with van der Waals surface area (Å²) in [4.78, 5) is 15.9. The average molecular weight is 710 g/mol. The molecular weight excluding hydrogens is 683 g/mol. The van der Waals surface area contributed by atoms with Crippen LogP contribution >= 0.6 is 11.8 Å². The molecule has 0 spiro atoms. The minimum absolute atomic E-state index is 0. The Morgan fingerprint density at radius 3 is 2.21 bits per heavy atom. The van der Waals surface area contributed by atoms with Crippen LogP contribution in [0.3, 0.4) is 0 Å². The fourth-order valence-corrected chi connectivity index (χ4v) is 4.69. The SMILES string of the molecule is CC(C)[N-]C([N-]C(C)C)N1c2ccccc2Sc2ccncc21.Fc1c[c-]c(-c2ccccn2)c(F)n1.[Ir+3]. The Kier molecular flexibility index (Phi) is 10.9. The minimum atomic E-state index is -0.899. The number of benzene rings is 1. The standard InChI is InChI=1S/C18H22N4S.C10H5F2N2.Ir/c1-12(2)20-18(21-13(3)4)22-14-7-5-6-8-16(14)23-17-9-10-19-11-15(17)22;11-9-5-4-7(10(12)14-9)8-3-1-2-6-13-8;/h5-13,18H,1-4H3;1-3,5-6H;/q-2;-1;+3. The number of fused-ring (bicyclic) bond motifs is 2. The summed E-state index contributed by atoms with van der Waals surface area (Å²) < 4.78 is 25.6. The molecule has 4 aromatic rings. The average Bonchev–Trinajstić information content (AvgIpc) is 2.87. The third-order valence-corrected chi connectivity index (χ3v) is 6.26. The van der Waals surface area contributed by atoms with Crippen molar-refractivity contribution in [3.63, 3.8) is 0 Å². The molecule has 0 radical (unpaired) electrons. The van der Waals surface area contributed by atoms with Gasteiger partial charge in [-0.25, -0.2) is 8.78 Å². The van der Waals surface area contributed by atoms with Gasteiger partial charge in [0, 0.05) is 22.2 Å². The zero-order chi connectivity index (χ0) is 26.4. The van der Waals surface area contributed by atoms with E-state index in [9.17, 15) is 8.78 Å². The number of aromatic nitrogens is 3. The summed E-state index contributed by atoms with van der Waals surface area (Å²) in [7, 11) is 0. The van der Waals surface area contributed by atoms with Gasteiger partial charge in [-0.1, -0.05) is 75.4 Å². The maximum Gasteiger partial charge on any atom is 3.00 e. The van der Waals surface area contributed by atoms with Crippen molar-refractivity contribution in [1.82, 2.24) is 15.0 Å². The second kappa shape index (κ2) is 13.9. The van der Waals surface area contributed by atoms with E-state index in [1.165, 1.54) is 16.0 Å². The predicted molar refractivity (Wildman–Crippen MR) is 144 cm³/mol. The first-order valence-electron chi connectivity index (χ1n) is 11.9. The quantitative estimate of drug-likeness (QED) is 0.151. The third-order valence-electron chi connectivity index (χ3n) is 5.13. The van der Waals surface area contributed by atoms with Gasteiger partial charge in [-0.15, -0.1) is 18.2 Å². The molecule has 0 atom stereocenters. The van der Waals surface area contributed by atoms with Gasteiger partial charge in [0.05, 0.1) is 17.6 Å². The molecule has 1 aliphatic rings. The molecule has 0 fully saturated rings. The first kappa shape index (κ1) is 29.8. The van der Waals surface area contributed by atoms with Gasteiger partial charge in [0.1, 0.15) is 11.9 Å². The van der Waals surface area contributed by atoms with Crippen LogP contribution in [0.15, 0.2) is 83.0 Å². The number of pyridine rings is 3. The van der Waals surface area contributed by atoms with E-state index in [2.05, 4.69) is 83.9 Å². The van der Waals surface area contributed by atoms with Gasteiger partial charge < -0.3 is 20.5 Å². The van der Waals surface area contributed by atoms with Gasteiger partial charge in [-0.2, -0.15) is 6.29 Å². The van der Waals surface area contributed by atoms with Gasteiger partial charge in [0.25, 0.3) is 0 Å². The smallest absolute Gasteiger partial charge is 0.658 e. The molecular formula is C28H27F2IrN6S. The van der Waals surface area contributed by atoms with E-state index in [0.717, 1.165) is 17.4 Å². The monoisotopic (exact) mass is 710 g/mol. The van der Waals surface area contributed by atoms with Gasteiger partial charge in [0.2, 0.25) is 0 Å². The van der Waals surface area contributed by atoms with E-state index in [1.54, 1.807) is 30.0 Å². The molecule has 5 rings (SSSR count). The Hall–Kier alpha value is -2.75. The second-order valence-electron chi connectivity index (χ2n) is 8.72. The summed E-state index contributed by atoms with van der Waals surface area (Å²) in [6, 6.07) is 19.4. The van der Waals surface area contributed by atoms with Crippen molar-refractivity contribution in [3.8, 4) is 11.3 Å². The molecule has 0 amide bonds. The molecule has 0 unspecified atom stereocenters. The molecule has 6 nitrogen and oxygen atoms in total. The van der Waals surface area contributed by atoms with E-state index in [1.807, 2.05) is 12.4 Å². The van der Waals surface area contributed by atoms with Crippen LogP contribution in [0.25, 0.3) is 21.9 Å². The van der Waals surface area contributed by atoms with Gasteiger partial charge in [0.15, 0.2) is 0 Å². The van der Waals surface area contributed by atoms with Crippen LogP contribution in [-0.4, -0.2) is 33.3 Å². The molecule has 38 heavy (non-hydrogen) atoms. The van der Waals surface area contributed by atoms with Crippen molar-refractivity contribution >= 4 is 23.1 Å². The van der Waals surface area contributed by atoms with Crippen LogP contribution in [0.1, 0.15) is 27.7 Å². The fourth-order valence-electron chi connectivity index (χ4n) is 3.65. The fraction of sp³-hybridized carbons (Fsp3) is 0.250. The van der Waals surface area contributed by atoms with E-state index in [-0.39, 0.29) is 44.0 Å². The van der Waals surface area contributed by atoms with Crippen molar-refractivity contribution in [3.05, 3.63) is 102 Å². The third kappa shape index (κ3) is 7.42. The van der Waals surface area contributed by atoms with Gasteiger partial charge in [-0.3, -0.25) is 9.97 Å². The number of nitrogens with zero attached hydrogens (tertiary/aromatic N) is 6. The van der Waals surface area contributed by atoms with E-state index in [0.29, 0.717) is 5.69 Å². The number of para-hydroxylation sites is 1. The summed E-state index contributed by atoms with van der Waals surface area (Å²) in [5.41, 5.74) is 2.69. The van der Waals surface area contributed by atoms with E-state index >= 15 is 0 Å². The van der Waals surface area contributed by atoms with E-state index in [4.69, 9.17) is 10.6 Å². The van der Waals surface area contributed by atoms with Crippen LogP contribution < -0.4 is 4.90 Å². The molecule has 1 aliphatic heterocycles. The largest absolute Gasteiger partial charge is 3.00 e. The molecule has 0 bridgehead atoms. The molecule has 4 heterocycles. The summed E-state index contributed by atoms with van der Waals surface area (Å²) in [6.07, 6.45) is 5.04. The van der Waals surface area contributed by atoms with Crippen molar-refractivity contribution in [2.75, 3.05) is 4.90 Å². The van der Waals surface area contributed by atoms with Crippen LogP contribution in [0.2, 0.25) is 0 Å². The molecule has 3 aromatic heterocycles. The molecule has 0 saturated heterocycles. The number of halogens is 2. The summed E-state index contributed by atoms with van der Waals surface area (Å²) in [5.74, 6) is -1.79. The maximum atomic E-state index is 13.1.